The first kappa shape index (κ1) is 23.1. The Kier molecular flexibility index (Phi) is 8.08. The molecule has 0 saturated carbocycles. The van der Waals surface area contributed by atoms with Crippen molar-refractivity contribution in [3.05, 3.63) is 95.6 Å². The Labute approximate surface area is 188 Å². The smallest absolute Gasteiger partial charge is 0.227 e. The fourth-order valence-corrected chi connectivity index (χ4v) is 3.29. The van der Waals surface area contributed by atoms with E-state index in [4.69, 9.17) is 0 Å². The van der Waals surface area contributed by atoms with Gasteiger partial charge in [-0.05, 0) is 53.4 Å². The Hall–Kier alpha value is -3.54. The summed E-state index contributed by atoms with van der Waals surface area (Å²) in [4.78, 5) is 31.1. The summed E-state index contributed by atoms with van der Waals surface area (Å²) in [5.41, 5.74) is 3.25. The highest BCUT2D eigenvalue weighted by Gasteiger charge is 2.18. The number of carbonyl (C=O) groups excluding carboxylic acids is 2. The fraction of sp³-hybridized carbons (Fsp3) is 0.269. The van der Waals surface area contributed by atoms with Crippen LogP contribution in [0.4, 0.5) is 10.1 Å². The molecule has 0 saturated heterocycles. The number of amides is 2. The largest absolute Gasteiger partial charge is 0.350 e. The van der Waals surface area contributed by atoms with Crippen molar-refractivity contribution in [3.8, 4) is 0 Å². The van der Waals surface area contributed by atoms with Gasteiger partial charge in [-0.1, -0.05) is 44.2 Å². The van der Waals surface area contributed by atoms with Crippen LogP contribution in [0.3, 0.4) is 0 Å². The van der Waals surface area contributed by atoms with Crippen LogP contribution >= 0.6 is 0 Å². The zero-order valence-corrected chi connectivity index (χ0v) is 18.4. The SMILES string of the molecule is CC(C)CC(=O)N(Cc1ccc(F)cc1)c1ccc(CC(=O)NCc2ccccn2)cc1. The molecule has 0 bridgehead atoms. The van der Waals surface area contributed by atoms with Gasteiger partial charge >= 0.3 is 0 Å². The molecule has 0 spiro atoms. The Morgan fingerprint density at radius 2 is 1.66 bits per heavy atom. The van der Waals surface area contributed by atoms with Crippen molar-refractivity contribution in [2.45, 2.75) is 39.8 Å². The molecule has 1 aromatic heterocycles. The number of carbonyl (C=O) groups is 2. The molecular formula is C26H28FN3O2. The molecule has 0 radical (unpaired) electrons. The second-order valence-electron chi connectivity index (χ2n) is 8.15. The van der Waals surface area contributed by atoms with Crippen LogP contribution in [0.5, 0.6) is 0 Å². The maximum absolute atomic E-state index is 13.3. The third-order valence-electron chi connectivity index (χ3n) is 4.94. The lowest BCUT2D eigenvalue weighted by Crippen LogP contribution is -2.31. The summed E-state index contributed by atoms with van der Waals surface area (Å²) in [5.74, 6) is -0.174. The van der Waals surface area contributed by atoms with Gasteiger partial charge < -0.3 is 10.2 Å². The molecule has 3 rings (SSSR count). The van der Waals surface area contributed by atoms with Crippen LogP contribution in [0.15, 0.2) is 72.9 Å². The standard InChI is InChI=1S/C26H28FN3O2/c1-19(2)15-26(32)30(18-21-6-10-22(27)11-7-21)24-12-8-20(9-13-24)16-25(31)29-17-23-5-3-4-14-28-23/h3-14,19H,15-18H2,1-2H3,(H,29,31). The Bertz CT molecular complexity index is 1020. The van der Waals surface area contributed by atoms with E-state index in [1.54, 1.807) is 23.2 Å². The summed E-state index contributed by atoms with van der Waals surface area (Å²) in [7, 11) is 0. The molecule has 5 nitrogen and oxygen atoms in total. The first-order valence-corrected chi connectivity index (χ1v) is 10.7. The average molecular weight is 434 g/mol. The molecule has 166 valence electrons. The number of anilines is 1. The van der Waals surface area contributed by atoms with Gasteiger partial charge in [-0.2, -0.15) is 0 Å². The Morgan fingerprint density at radius 1 is 0.969 bits per heavy atom. The van der Waals surface area contributed by atoms with Gasteiger partial charge in [0, 0.05) is 18.3 Å². The van der Waals surface area contributed by atoms with Gasteiger partial charge in [0.2, 0.25) is 11.8 Å². The molecule has 0 fully saturated rings. The van der Waals surface area contributed by atoms with E-state index in [2.05, 4.69) is 10.3 Å². The predicted molar refractivity (Wildman–Crippen MR) is 123 cm³/mol. The molecular weight excluding hydrogens is 405 g/mol. The van der Waals surface area contributed by atoms with Crippen LogP contribution in [0.1, 0.15) is 37.1 Å². The summed E-state index contributed by atoms with van der Waals surface area (Å²) in [5, 5.41) is 2.87. The molecule has 0 atom stereocenters. The van der Waals surface area contributed by atoms with Crippen LogP contribution in [0, 0.1) is 11.7 Å². The normalized spacial score (nSPS) is 10.8. The highest BCUT2D eigenvalue weighted by Crippen LogP contribution is 2.21. The first-order valence-electron chi connectivity index (χ1n) is 10.7. The van der Waals surface area contributed by atoms with Crippen molar-refractivity contribution in [2.24, 2.45) is 5.92 Å². The number of pyridine rings is 1. The third kappa shape index (κ3) is 7.01. The highest BCUT2D eigenvalue weighted by molar-refractivity contribution is 5.93. The lowest BCUT2D eigenvalue weighted by atomic mass is 10.1. The van der Waals surface area contributed by atoms with Crippen LogP contribution in [0.25, 0.3) is 0 Å². The summed E-state index contributed by atoms with van der Waals surface area (Å²) in [6.45, 7) is 4.74. The monoisotopic (exact) mass is 433 g/mol. The molecule has 1 heterocycles. The second kappa shape index (κ2) is 11.2. The zero-order chi connectivity index (χ0) is 22.9. The van der Waals surface area contributed by atoms with Gasteiger partial charge in [0.15, 0.2) is 0 Å². The molecule has 6 heteroatoms. The number of nitrogens with zero attached hydrogens (tertiary/aromatic N) is 2. The van der Waals surface area contributed by atoms with E-state index in [0.29, 0.717) is 19.5 Å². The lowest BCUT2D eigenvalue weighted by molar-refractivity contribution is -0.121. The molecule has 0 aliphatic carbocycles. The number of benzene rings is 2. The topological polar surface area (TPSA) is 62.3 Å². The molecule has 2 aromatic carbocycles. The second-order valence-corrected chi connectivity index (χ2v) is 8.15. The van der Waals surface area contributed by atoms with E-state index in [0.717, 1.165) is 22.5 Å². The van der Waals surface area contributed by atoms with Crippen LogP contribution in [-0.2, 0) is 29.1 Å². The fourth-order valence-electron chi connectivity index (χ4n) is 3.29. The van der Waals surface area contributed by atoms with E-state index in [-0.39, 0.29) is 30.0 Å². The number of nitrogens with one attached hydrogen (secondary N) is 1. The third-order valence-corrected chi connectivity index (χ3v) is 4.94. The highest BCUT2D eigenvalue weighted by atomic mass is 19.1. The number of aromatic nitrogens is 1. The van der Waals surface area contributed by atoms with Gasteiger partial charge in [0.25, 0.3) is 0 Å². The van der Waals surface area contributed by atoms with Gasteiger partial charge in [-0.25, -0.2) is 4.39 Å². The van der Waals surface area contributed by atoms with Crippen LogP contribution in [0.2, 0.25) is 0 Å². The van der Waals surface area contributed by atoms with E-state index < -0.39 is 0 Å². The van der Waals surface area contributed by atoms with Crippen molar-refractivity contribution in [1.29, 1.82) is 0 Å². The number of hydrogen-bond donors (Lipinski definition) is 1. The molecule has 0 aliphatic rings. The maximum atomic E-state index is 13.3. The summed E-state index contributed by atoms with van der Waals surface area (Å²) < 4.78 is 13.3. The molecule has 32 heavy (non-hydrogen) atoms. The average Bonchev–Trinajstić information content (AvgIpc) is 2.78. The quantitative estimate of drug-likeness (QED) is 0.534. The number of halogens is 1. The zero-order valence-electron chi connectivity index (χ0n) is 18.4. The van der Waals surface area contributed by atoms with Crippen molar-refractivity contribution in [1.82, 2.24) is 10.3 Å². The molecule has 0 aliphatic heterocycles. The summed E-state index contributed by atoms with van der Waals surface area (Å²) in [6, 6.07) is 19.2. The van der Waals surface area contributed by atoms with E-state index in [1.807, 2.05) is 56.3 Å². The molecule has 2 amide bonds. The van der Waals surface area contributed by atoms with E-state index >= 15 is 0 Å². The summed E-state index contributed by atoms with van der Waals surface area (Å²) in [6.07, 6.45) is 2.35. The maximum Gasteiger partial charge on any atom is 0.227 e. The Morgan fingerprint density at radius 3 is 2.28 bits per heavy atom. The van der Waals surface area contributed by atoms with Crippen molar-refractivity contribution in [3.63, 3.8) is 0 Å². The molecule has 3 aromatic rings. The van der Waals surface area contributed by atoms with Gasteiger partial charge in [-0.15, -0.1) is 0 Å². The first-order chi connectivity index (χ1) is 15.4. The van der Waals surface area contributed by atoms with Gasteiger partial charge in [-0.3, -0.25) is 14.6 Å². The minimum absolute atomic E-state index is 0.00480. The van der Waals surface area contributed by atoms with Crippen LogP contribution in [-0.4, -0.2) is 16.8 Å². The van der Waals surface area contributed by atoms with E-state index in [9.17, 15) is 14.0 Å². The summed E-state index contributed by atoms with van der Waals surface area (Å²) >= 11 is 0. The number of hydrogen-bond acceptors (Lipinski definition) is 3. The van der Waals surface area contributed by atoms with Crippen molar-refractivity contribution >= 4 is 17.5 Å². The predicted octanol–water partition coefficient (Wildman–Crippen LogP) is 4.66. The Balaban J connectivity index is 1.66. The van der Waals surface area contributed by atoms with Crippen LogP contribution < -0.4 is 10.2 Å². The minimum Gasteiger partial charge on any atom is -0.350 e. The van der Waals surface area contributed by atoms with Crippen molar-refractivity contribution in [2.75, 3.05) is 4.90 Å². The molecule has 0 unspecified atom stereocenters. The number of rotatable bonds is 9. The van der Waals surface area contributed by atoms with Crippen molar-refractivity contribution < 1.29 is 14.0 Å². The van der Waals surface area contributed by atoms with Gasteiger partial charge in [0.05, 0.1) is 25.2 Å². The van der Waals surface area contributed by atoms with E-state index in [1.165, 1.54) is 12.1 Å². The lowest BCUT2D eigenvalue weighted by Gasteiger charge is -2.24. The minimum atomic E-state index is -0.306. The van der Waals surface area contributed by atoms with Gasteiger partial charge in [0.1, 0.15) is 5.82 Å². The molecule has 1 N–H and O–H groups in total.